The van der Waals surface area contributed by atoms with Crippen molar-refractivity contribution in [2.24, 2.45) is 5.92 Å². The van der Waals surface area contributed by atoms with Crippen molar-refractivity contribution in [3.05, 3.63) is 29.3 Å². The number of hydrogen-bond donors (Lipinski definition) is 1. The maximum absolute atomic E-state index is 10.8. The number of aryl methyl sites for hydroxylation is 2. The van der Waals surface area contributed by atoms with Crippen LogP contribution >= 0.6 is 0 Å². The first-order valence-corrected chi connectivity index (χ1v) is 5.53. The van der Waals surface area contributed by atoms with E-state index in [-0.39, 0.29) is 12.0 Å². The summed E-state index contributed by atoms with van der Waals surface area (Å²) in [6.45, 7) is 4.11. The quantitative estimate of drug-likeness (QED) is 0.847. The molecule has 0 spiro atoms. The predicted octanol–water partition coefficient (Wildman–Crippen LogP) is 2.21. The van der Waals surface area contributed by atoms with E-state index in [9.17, 15) is 4.79 Å². The highest BCUT2D eigenvalue weighted by Crippen LogP contribution is 2.38. The van der Waals surface area contributed by atoms with E-state index in [1.165, 1.54) is 11.1 Å². The summed E-state index contributed by atoms with van der Waals surface area (Å²) in [5, 5.41) is 8.92. The van der Waals surface area contributed by atoms with Crippen LogP contribution in [-0.2, 0) is 4.79 Å². The van der Waals surface area contributed by atoms with E-state index in [0.717, 1.165) is 12.1 Å². The van der Waals surface area contributed by atoms with Gasteiger partial charge in [-0.25, -0.2) is 0 Å². The van der Waals surface area contributed by atoms with Gasteiger partial charge < -0.3 is 10.0 Å². The molecule has 2 rings (SSSR count). The summed E-state index contributed by atoms with van der Waals surface area (Å²) in [5.74, 6) is -0.868. The van der Waals surface area contributed by atoms with Crippen molar-refractivity contribution in [1.29, 1.82) is 0 Å². The van der Waals surface area contributed by atoms with Crippen molar-refractivity contribution < 1.29 is 9.90 Å². The lowest BCUT2D eigenvalue weighted by atomic mass is 10.1. The normalized spacial score (nSPS) is 22.9. The van der Waals surface area contributed by atoms with Gasteiger partial charge in [-0.3, -0.25) is 4.79 Å². The zero-order chi connectivity index (χ0) is 11.9. The Balaban J connectivity index is 2.19. The average Bonchev–Trinajstić information content (AvgIpc) is 3.00. The van der Waals surface area contributed by atoms with Gasteiger partial charge in [0.1, 0.15) is 0 Å². The molecule has 1 aliphatic carbocycles. The number of carbonyl (C=O) groups is 1. The number of carboxylic acids is 1. The fraction of sp³-hybridized carbons (Fsp3) is 0.462. The second-order valence-corrected chi connectivity index (χ2v) is 4.65. The van der Waals surface area contributed by atoms with E-state index < -0.39 is 5.97 Å². The molecule has 2 atom stereocenters. The molecule has 0 heterocycles. The molecule has 1 aromatic rings. The number of anilines is 1. The zero-order valence-corrected chi connectivity index (χ0v) is 9.90. The highest BCUT2D eigenvalue weighted by atomic mass is 16.4. The molecule has 0 bridgehead atoms. The van der Waals surface area contributed by atoms with Crippen molar-refractivity contribution in [2.45, 2.75) is 26.3 Å². The standard InChI is InChI=1S/C13H17NO2/c1-8-4-5-9(2)11(6-8)14(3)12-7-10(12)13(15)16/h4-6,10,12H,7H2,1-3H3,(H,15,16). The van der Waals surface area contributed by atoms with Crippen LogP contribution in [0.2, 0.25) is 0 Å². The maximum atomic E-state index is 10.8. The van der Waals surface area contributed by atoms with E-state index in [1.807, 2.05) is 7.05 Å². The lowest BCUT2D eigenvalue weighted by Crippen LogP contribution is -2.24. The van der Waals surface area contributed by atoms with E-state index in [1.54, 1.807) is 0 Å². The van der Waals surface area contributed by atoms with E-state index in [0.29, 0.717) is 0 Å². The smallest absolute Gasteiger partial charge is 0.308 e. The van der Waals surface area contributed by atoms with Crippen LogP contribution in [0, 0.1) is 19.8 Å². The van der Waals surface area contributed by atoms with Gasteiger partial charge >= 0.3 is 5.97 Å². The van der Waals surface area contributed by atoms with Crippen LogP contribution in [0.5, 0.6) is 0 Å². The third kappa shape index (κ3) is 1.90. The summed E-state index contributed by atoms with van der Waals surface area (Å²) in [4.78, 5) is 12.9. The van der Waals surface area contributed by atoms with Crippen LogP contribution < -0.4 is 4.90 Å². The number of benzene rings is 1. The number of aliphatic carboxylic acids is 1. The van der Waals surface area contributed by atoms with Crippen molar-refractivity contribution in [1.82, 2.24) is 0 Å². The van der Waals surface area contributed by atoms with Gasteiger partial charge in [-0.2, -0.15) is 0 Å². The minimum atomic E-state index is -0.679. The second kappa shape index (κ2) is 3.81. The molecule has 16 heavy (non-hydrogen) atoms. The summed E-state index contributed by atoms with van der Waals surface area (Å²) in [6, 6.07) is 6.44. The molecule has 1 N–H and O–H groups in total. The van der Waals surface area contributed by atoms with E-state index in [2.05, 4.69) is 36.9 Å². The zero-order valence-electron chi connectivity index (χ0n) is 9.90. The fourth-order valence-electron chi connectivity index (χ4n) is 2.15. The van der Waals surface area contributed by atoms with Gasteiger partial charge in [0.25, 0.3) is 0 Å². The van der Waals surface area contributed by atoms with Gasteiger partial charge in [0.15, 0.2) is 0 Å². The summed E-state index contributed by atoms with van der Waals surface area (Å²) in [5.41, 5.74) is 3.55. The Labute approximate surface area is 95.7 Å². The van der Waals surface area contributed by atoms with Crippen LogP contribution in [0.3, 0.4) is 0 Å². The van der Waals surface area contributed by atoms with Crippen molar-refractivity contribution in [3.63, 3.8) is 0 Å². The molecule has 1 aromatic carbocycles. The Kier molecular flexibility index (Phi) is 2.62. The van der Waals surface area contributed by atoms with Crippen LogP contribution in [0.4, 0.5) is 5.69 Å². The fourth-order valence-corrected chi connectivity index (χ4v) is 2.15. The molecule has 3 nitrogen and oxygen atoms in total. The molecule has 1 saturated carbocycles. The molecule has 2 unspecified atom stereocenters. The van der Waals surface area contributed by atoms with Gasteiger partial charge in [0.05, 0.1) is 5.92 Å². The third-order valence-electron chi connectivity index (χ3n) is 3.32. The lowest BCUT2D eigenvalue weighted by Gasteiger charge is -2.22. The largest absolute Gasteiger partial charge is 0.481 e. The molecular formula is C13H17NO2. The van der Waals surface area contributed by atoms with Gasteiger partial charge in [-0.1, -0.05) is 12.1 Å². The van der Waals surface area contributed by atoms with E-state index >= 15 is 0 Å². The number of hydrogen-bond acceptors (Lipinski definition) is 2. The number of nitrogens with zero attached hydrogens (tertiary/aromatic N) is 1. The van der Waals surface area contributed by atoms with Gasteiger partial charge in [-0.15, -0.1) is 0 Å². The van der Waals surface area contributed by atoms with Crippen molar-refractivity contribution >= 4 is 11.7 Å². The predicted molar refractivity (Wildman–Crippen MR) is 63.8 cm³/mol. The van der Waals surface area contributed by atoms with Gasteiger partial charge in [0, 0.05) is 18.8 Å². The molecular weight excluding hydrogens is 202 g/mol. The summed E-state index contributed by atoms with van der Waals surface area (Å²) in [6.07, 6.45) is 0.763. The SMILES string of the molecule is Cc1ccc(C)c(N(C)C2CC2C(=O)O)c1. The van der Waals surface area contributed by atoms with E-state index in [4.69, 9.17) is 5.11 Å². The monoisotopic (exact) mass is 219 g/mol. The summed E-state index contributed by atoms with van der Waals surface area (Å²) < 4.78 is 0. The Bertz CT molecular complexity index is 428. The van der Waals surface area contributed by atoms with Crippen LogP contribution in [0.1, 0.15) is 17.5 Å². The van der Waals surface area contributed by atoms with Crippen molar-refractivity contribution in [2.75, 3.05) is 11.9 Å². The molecule has 0 radical (unpaired) electrons. The molecule has 3 heteroatoms. The Morgan fingerprint density at radius 2 is 2.12 bits per heavy atom. The maximum Gasteiger partial charge on any atom is 0.308 e. The van der Waals surface area contributed by atoms with Crippen LogP contribution in [-0.4, -0.2) is 24.2 Å². The first kappa shape index (κ1) is 11.0. The molecule has 0 amide bonds. The molecule has 1 aliphatic rings. The summed E-state index contributed by atoms with van der Waals surface area (Å²) in [7, 11) is 1.98. The van der Waals surface area contributed by atoms with Crippen LogP contribution in [0.25, 0.3) is 0 Å². The molecule has 1 fully saturated rings. The number of carboxylic acid groups (broad SMARTS) is 1. The average molecular weight is 219 g/mol. The highest BCUT2D eigenvalue weighted by molar-refractivity contribution is 5.76. The first-order chi connectivity index (χ1) is 7.50. The lowest BCUT2D eigenvalue weighted by molar-refractivity contribution is -0.138. The molecule has 0 aliphatic heterocycles. The topological polar surface area (TPSA) is 40.5 Å². The minimum Gasteiger partial charge on any atom is -0.481 e. The Morgan fingerprint density at radius 3 is 2.69 bits per heavy atom. The third-order valence-corrected chi connectivity index (χ3v) is 3.32. The second-order valence-electron chi connectivity index (χ2n) is 4.65. The Morgan fingerprint density at radius 1 is 1.44 bits per heavy atom. The van der Waals surface area contributed by atoms with Crippen molar-refractivity contribution in [3.8, 4) is 0 Å². The number of rotatable bonds is 3. The molecule has 86 valence electrons. The highest BCUT2D eigenvalue weighted by Gasteiger charge is 2.46. The van der Waals surface area contributed by atoms with Gasteiger partial charge in [-0.05, 0) is 37.5 Å². The first-order valence-electron chi connectivity index (χ1n) is 5.53. The molecule has 0 aromatic heterocycles. The molecule has 0 saturated heterocycles. The van der Waals surface area contributed by atoms with Gasteiger partial charge in [0.2, 0.25) is 0 Å². The summed E-state index contributed by atoms with van der Waals surface area (Å²) >= 11 is 0. The Hall–Kier alpha value is -1.51. The minimum absolute atomic E-state index is 0.165. The van der Waals surface area contributed by atoms with Crippen LogP contribution in [0.15, 0.2) is 18.2 Å².